The number of aromatic nitrogens is 1. The number of hydrogen-bond donors (Lipinski definition) is 2. The molecule has 3 rings (SSSR count). The first-order valence-corrected chi connectivity index (χ1v) is 6.53. The van der Waals surface area contributed by atoms with Crippen molar-refractivity contribution >= 4 is 23.9 Å². The Balaban J connectivity index is 2.09. The lowest BCUT2D eigenvalue weighted by Gasteiger charge is -2.24. The van der Waals surface area contributed by atoms with E-state index in [1.807, 2.05) is 12.2 Å². The molecule has 2 heterocycles. The van der Waals surface area contributed by atoms with Crippen LogP contribution >= 0.6 is 0 Å². The number of carboxylic acid groups (broad SMARTS) is 1. The van der Waals surface area contributed by atoms with Crippen LogP contribution in [0.3, 0.4) is 0 Å². The Bertz CT molecular complexity index is 673. The molecule has 0 fully saturated rings. The molecule has 2 N–H and O–H groups in total. The molecule has 0 aromatic carbocycles. The molecular weight excluding hydrogens is 276 g/mol. The predicted octanol–water partition coefficient (Wildman–Crippen LogP) is 1.36. The van der Waals surface area contributed by atoms with E-state index in [0.29, 0.717) is 28.9 Å². The van der Waals surface area contributed by atoms with E-state index in [1.54, 1.807) is 0 Å². The van der Waals surface area contributed by atoms with Crippen LogP contribution in [0, 0.1) is 0 Å². The van der Waals surface area contributed by atoms with Crippen LogP contribution in [-0.4, -0.2) is 46.5 Å². The van der Waals surface area contributed by atoms with Gasteiger partial charge >= 0.3 is 12.1 Å². The third-order valence-electron chi connectivity index (χ3n) is 3.87. The molecule has 1 atom stereocenters. The molecule has 0 radical (unpaired) electrons. The van der Waals surface area contributed by atoms with Crippen molar-refractivity contribution in [1.29, 1.82) is 0 Å². The van der Waals surface area contributed by atoms with Crippen LogP contribution in [0.25, 0.3) is 6.08 Å². The van der Waals surface area contributed by atoms with E-state index < -0.39 is 18.0 Å². The topological polar surface area (TPSA) is 99.7 Å². The number of hydrogen-bond acceptors (Lipinski definition) is 4. The van der Waals surface area contributed by atoms with Crippen LogP contribution in [0.4, 0.5) is 4.79 Å². The van der Waals surface area contributed by atoms with Crippen molar-refractivity contribution in [2.75, 3.05) is 13.7 Å². The lowest BCUT2D eigenvalue weighted by Crippen LogP contribution is -2.39. The molecule has 7 heteroatoms. The van der Waals surface area contributed by atoms with Crippen molar-refractivity contribution < 1.29 is 24.2 Å². The van der Waals surface area contributed by atoms with Gasteiger partial charge in [0.25, 0.3) is 0 Å². The van der Waals surface area contributed by atoms with Gasteiger partial charge in [0.15, 0.2) is 5.78 Å². The summed E-state index contributed by atoms with van der Waals surface area (Å²) in [6.07, 6.45) is 2.98. The van der Waals surface area contributed by atoms with Crippen molar-refractivity contribution in [2.45, 2.75) is 18.9 Å². The molecule has 0 saturated carbocycles. The summed E-state index contributed by atoms with van der Waals surface area (Å²) < 4.78 is 4.80. The number of methoxy groups -OCH3 is 1. The van der Waals surface area contributed by atoms with Crippen molar-refractivity contribution in [2.24, 2.45) is 0 Å². The van der Waals surface area contributed by atoms with Gasteiger partial charge in [0, 0.05) is 22.5 Å². The number of rotatable bonds is 1. The summed E-state index contributed by atoms with van der Waals surface area (Å²) in [5.74, 6) is -1.20. The Hall–Kier alpha value is -2.57. The van der Waals surface area contributed by atoms with Crippen LogP contribution in [0.2, 0.25) is 0 Å². The standard InChI is InChI=1S/C14H14N2O5/c1-21-13(18)7-3-2-4-8-11(7)12-9(15-8)5-16(14(19)20)6-10(12)17/h2,4,7,15H,3,5-6H2,1H3,(H,19,20). The van der Waals surface area contributed by atoms with E-state index in [1.165, 1.54) is 7.11 Å². The Kier molecular flexibility index (Phi) is 3.04. The maximum absolute atomic E-state index is 12.3. The van der Waals surface area contributed by atoms with Crippen LogP contribution in [0.15, 0.2) is 6.08 Å². The monoisotopic (exact) mass is 290 g/mol. The minimum atomic E-state index is -1.14. The number of nitrogens with one attached hydrogen (secondary N) is 1. The number of ketones is 1. The van der Waals surface area contributed by atoms with E-state index in [2.05, 4.69) is 4.98 Å². The Morgan fingerprint density at radius 3 is 2.86 bits per heavy atom. The van der Waals surface area contributed by atoms with E-state index in [9.17, 15) is 14.4 Å². The molecule has 7 nitrogen and oxygen atoms in total. The zero-order valence-electron chi connectivity index (χ0n) is 11.4. The van der Waals surface area contributed by atoms with Gasteiger partial charge in [0.05, 0.1) is 26.1 Å². The normalized spacial score (nSPS) is 20.0. The highest BCUT2D eigenvalue weighted by atomic mass is 16.5. The van der Waals surface area contributed by atoms with Crippen LogP contribution in [0.1, 0.15) is 39.6 Å². The molecular formula is C14H14N2O5. The average molecular weight is 290 g/mol. The van der Waals surface area contributed by atoms with E-state index >= 15 is 0 Å². The fraction of sp³-hybridized carbons (Fsp3) is 0.357. The number of carbonyl (C=O) groups excluding carboxylic acids is 2. The number of ether oxygens (including phenoxy) is 1. The quantitative estimate of drug-likeness (QED) is 0.761. The number of amides is 1. The Labute approximate surface area is 120 Å². The zero-order valence-corrected chi connectivity index (χ0v) is 11.4. The molecule has 2 aliphatic rings. The highest BCUT2D eigenvalue weighted by molar-refractivity contribution is 6.04. The maximum atomic E-state index is 12.3. The molecule has 1 aromatic rings. The van der Waals surface area contributed by atoms with Crippen molar-refractivity contribution in [3.05, 3.63) is 28.6 Å². The molecule has 1 amide bonds. The first kappa shape index (κ1) is 13.4. The van der Waals surface area contributed by atoms with Gasteiger partial charge in [-0.25, -0.2) is 4.79 Å². The maximum Gasteiger partial charge on any atom is 0.408 e. The molecule has 1 unspecified atom stereocenters. The van der Waals surface area contributed by atoms with Crippen LogP contribution < -0.4 is 0 Å². The predicted molar refractivity (Wildman–Crippen MR) is 72.0 cm³/mol. The largest absolute Gasteiger partial charge is 0.469 e. The summed E-state index contributed by atoms with van der Waals surface area (Å²) in [6, 6.07) is 0. The Morgan fingerprint density at radius 2 is 2.19 bits per heavy atom. The molecule has 0 saturated heterocycles. The molecule has 0 bridgehead atoms. The zero-order chi connectivity index (χ0) is 15.1. The molecule has 1 aliphatic heterocycles. The fourth-order valence-corrected chi connectivity index (χ4v) is 2.95. The SMILES string of the molecule is COC(=O)C1CC=Cc2[nH]c3c(c21)C(=O)CN(C(=O)O)C3. The molecule has 0 spiro atoms. The summed E-state index contributed by atoms with van der Waals surface area (Å²) in [5, 5.41) is 9.03. The number of allylic oxidation sites excluding steroid dienone is 1. The second-order valence-electron chi connectivity index (χ2n) is 5.08. The first-order valence-electron chi connectivity index (χ1n) is 6.53. The van der Waals surface area contributed by atoms with E-state index in [4.69, 9.17) is 9.84 Å². The van der Waals surface area contributed by atoms with Gasteiger partial charge in [0.1, 0.15) is 0 Å². The van der Waals surface area contributed by atoms with Gasteiger partial charge in [-0.15, -0.1) is 0 Å². The number of fused-ring (bicyclic) bond motifs is 3. The minimum Gasteiger partial charge on any atom is -0.469 e. The number of esters is 1. The average Bonchev–Trinajstić information content (AvgIpc) is 2.84. The Morgan fingerprint density at radius 1 is 1.43 bits per heavy atom. The molecule has 1 aromatic heterocycles. The summed E-state index contributed by atoms with van der Waals surface area (Å²) in [5.41, 5.74) is 2.30. The molecule has 1 aliphatic carbocycles. The summed E-state index contributed by atoms with van der Waals surface area (Å²) in [4.78, 5) is 39.3. The third-order valence-corrected chi connectivity index (χ3v) is 3.87. The number of carbonyl (C=O) groups is 3. The lowest BCUT2D eigenvalue weighted by atomic mass is 9.86. The first-order chi connectivity index (χ1) is 10.0. The van der Waals surface area contributed by atoms with Gasteiger partial charge in [-0.05, 0) is 12.5 Å². The van der Waals surface area contributed by atoms with Gasteiger partial charge < -0.3 is 14.8 Å². The third kappa shape index (κ3) is 2.01. The van der Waals surface area contributed by atoms with Crippen molar-refractivity contribution in [3.8, 4) is 0 Å². The number of H-pyrrole nitrogens is 1. The summed E-state index contributed by atoms with van der Waals surface area (Å²) in [7, 11) is 1.31. The number of aromatic amines is 1. The second-order valence-corrected chi connectivity index (χ2v) is 5.08. The molecule has 110 valence electrons. The fourth-order valence-electron chi connectivity index (χ4n) is 2.95. The van der Waals surface area contributed by atoms with Gasteiger partial charge in [-0.2, -0.15) is 0 Å². The number of nitrogens with zero attached hydrogens (tertiary/aromatic N) is 1. The van der Waals surface area contributed by atoms with Gasteiger partial charge in [-0.1, -0.05) is 6.08 Å². The molecule has 21 heavy (non-hydrogen) atoms. The van der Waals surface area contributed by atoms with E-state index in [0.717, 1.165) is 4.90 Å². The van der Waals surface area contributed by atoms with Crippen molar-refractivity contribution in [3.63, 3.8) is 0 Å². The van der Waals surface area contributed by atoms with Gasteiger partial charge in [-0.3, -0.25) is 14.5 Å². The van der Waals surface area contributed by atoms with Crippen molar-refractivity contribution in [1.82, 2.24) is 9.88 Å². The smallest absolute Gasteiger partial charge is 0.408 e. The summed E-state index contributed by atoms with van der Waals surface area (Å²) in [6.45, 7) is -0.0740. The van der Waals surface area contributed by atoms with Crippen LogP contribution in [-0.2, 0) is 16.1 Å². The second kappa shape index (κ2) is 4.76. The number of Topliss-reactive ketones (excluding diaryl/α,β-unsaturated/α-hetero) is 1. The van der Waals surface area contributed by atoms with E-state index in [-0.39, 0.29) is 18.9 Å². The highest BCUT2D eigenvalue weighted by Crippen LogP contribution is 2.37. The highest BCUT2D eigenvalue weighted by Gasteiger charge is 2.37. The van der Waals surface area contributed by atoms with Gasteiger partial charge in [0.2, 0.25) is 0 Å². The summed E-state index contributed by atoms with van der Waals surface area (Å²) >= 11 is 0. The lowest BCUT2D eigenvalue weighted by molar-refractivity contribution is -0.142. The minimum absolute atomic E-state index is 0.116. The van der Waals surface area contributed by atoms with Crippen LogP contribution in [0.5, 0.6) is 0 Å².